The van der Waals surface area contributed by atoms with E-state index < -0.39 is 0 Å². The standard InChI is InChI=1S/C18H14Cl2N2O2S/c1-24-15-8-3-2-6-13(15)17(23)22-18-21-10-12(25-18)9-11-5-4-7-14(19)16(11)20/h2-8,10H,9H2,1H3,(H,21,22,23). The number of hydrogen-bond donors (Lipinski definition) is 1. The highest BCUT2D eigenvalue weighted by atomic mass is 35.5. The number of carbonyl (C=O) groups is 1. The van der Waals surface area contributed by atoms with Crippen LogP contribution in [0.3, 0.4) is 0 Å². The van der Waals surface area contributed by atoms with Crippen molar-refractivity contribution in [3.05, 3.63) is 74.7 Å². The molecule has 0 spiro atoms. The van der Waals surface area contributed by atoms with Crippen LogP contribution < -0.4 is 10.1 Å². The number of rotatable bonds is 5. The summed E-state index contributed by atoms with van der Waals surface area (Å²) in [5.41, 5.74) is 1.38. The van der Waals surface area contributed by atoms with Crippen LogP contribution in [0.4, 0.5) is 5.13 Å². The van der Waals surface area contributed by atoms with Gasteiger partial charge in [-0.15, -0.1) is 11.3 Å². The van der Waals surface area contributed by atoms with Gasteiger partial charge in [-0.3, -0.25) is 10.1 Å². The lowest BCUT2D eigenvalue weighted by Crippen LogP contribution is -2.12. The Labute approximate surface area is 159 Å². The van der Waals surface area contributed by atoms with Gasteiger partial charge in [-0.2, -0.15) is 0 Å². The van der Waals surface area contributed by atoms with Gasteiger partial charge in [0.05, 0.1) is 22.7 Å². The van der Waals surface area contributed by atoms with Crippen molar-refractivity contribution < 1.29 is 9.53 Å². The summed E-state index contributed by atoms with van der Waals surface area (Å²) in [7, 11) is 1.53. The zero-order chi connectivity index (χ0) is 17.8. The Bertz CT molecular complexity index is 912. The number of aromatic nitrogens is 1. The average molecular weight is 393 g/mol. The maximum atomic E-state index is 12.4. The first kappa shape index (κ1) is 17.7. The Morgan fingerprint density at radius 1 is 1.20 bits per heavy atom. The Morgan fingerprint density at radius 3 is 2.80 bits per heavy atom. The number of ether oxygens (including phenoxy) is 1. The SMILES string of the molecule is COc1ccccc1C(=O)Nc1ncc(Cc2cccc(Cl)c2Cl)s1. The van der Waals surface area contributed by atoms with Gasteiger partial charge in [0.1, 0.15) is 5.75 Å². The summed E-state index contributed by atoms with van der Waals surface area (Å²) < 4.78 is 5.21. The monoisotopic (exact) mass is 392 g/mol. The quantitative estimate of drug-likeness (QED) is 0.640. The van der Waals surface area contributed by atoms with E-state index in [1.807, 2.05) is 18.2 Å². The first-order valence-electron chi connectivity index (χ1n) is 7.40. The second-order valence-corrected chi connectivity index (χ2v) is 7.08. The number of carbonyl (C=O) groups excluding carboxylic acids is 1. The highest BCUT2D eigenvalue weighted by molar-refractivity contribution is 7.15. The number of benzene rings is 2. The molecule has 128 valence electrons. The summed E-state index contributed by atoms with van der Waals surface area (Å²) in [5, 5.41) is 4.37. The van der Waals surface area contributed by atoms with Crippen molar-refractivity contribution in [1.82, 2.24) is 4.98 Å². The number of anilines is 1. The smallest absolute Gasteiger partial charge is 0.261 e. The molecular weight excluding hydrogens is 379 g/mol. The van der Waals surface area contributed by atoms with E-state index in [4.69, 9.17) is 27.9 Å². The third-order valence-electron chi connectivity index (χ3n) is 3.52. The van der Waals surface area contributed by atoms with E-state index in [1.165, 1.54) is 18.4 Å². The Kier molecular flexibility index (Phi) is 5.58. The van der Waals surface area contributed by atoms with Gasteiger partial charge in [0.15, 0.2) is 5.13 Å². The van der Waals surface area contributed by atoms with Crippen LogP contribution >= 0.6 is 34.5 Å². The lowest BCUT2D eigenvalue weighted by atomic mass is 10.1. The van der Waals surface area contributed by atoms with E-state index in [9.17, 15) is 4.79 Å². The predicted molar refractivity (Wildman–Crippen MR) is 102 cm³/mol. The topological polar surface area (TPSA) is 51.2 Å². The lowest BCUT2D eigenvalue weighted by Gasteiger charge is -2.07. The maximum Gasteiger partial charge on any atom is 0.261 e. The minimum absolute atomic E-state index is 0.265. The molecule has 1 aromatic heterocycles. The maximum absolute atomic E-state index is 12.4. The number of halogens is 2. The lowest BCUT2D eigenvalue weighted by molar-refractivity contribution is 0.102. The van der Waals surface area contributed by atoms with Crippen molar-refractivity contribution in [3.8, 4) is 5.75 Å². The summed E-state index contributed by atoms with van der Waals surface area (Å²) >= 11 is 13.6. The third kappa shape index (κ3) is 4.12. The van der Waals surface area contributed by atoms with Crippen LogP contribution in [0.1, 0.15) is 20.8 Å². The van der Waals surface area contributed by atoms with Crippen molar-refractivity contribution in [1.29, 1.82) is 0 Å². The number of amides is 1. The highest BCUT2D eigenvalue weighted by Gasteiger charge is 2.14. The number of methoxy groups -OCH3 is 1. The minimum atomic E-state index is -0.265. The molecule has 0 aliphatic carbocycles. The molecule has 1 heterocycles. The molecule has 3 aromatic rings. The zero-order valence-corrected chi connectivity index (χ0v) is 15.6. The normalized spacial score (nSPS) is 10.5. The third-order valence-corrected chi connectivity index (χ3v) is 5.29. The molecule has 0 radical (unpaired) electrons. The van der Waals surface area contributed by atoms with Gasteiger partial charge in [-0.05, 0) is 23.8 Å². The van der Waals surface area contributed by atoms with Crippen LogP contribution in [0.5, 0.6) is 5.75 Å². The molecule has 1 amide bonds. The molecule has 1 N–H and O–H groups in total. The number of nitrogens with zero attached hydrogens (tertiary/aromatic N) is 1. The number of thiazole rings is 1. The fourth-order valence-corrected chi connectivity index (χ4v) is 3.53. The molecule has 0 saturated carbocycles. The molecule has 4 nitrogen and oxygen atoms in total. The van der Waals surface area contributed by atoms with E-state index >= 15 is 0 Å². The molecule has 0 unspecified atom stereocenters. The molecule has 0 atom stereocenters. The molecular formula is C18H14Cl2N2O2S. The van der Waals surface area contributed by atoms with Gasteiger partial charge in [-0.25, -0.2) is 4.98 Å². The van der Waals surface area contributed by atoms with Crippen LogP contribution in [-0.4, -0.2) is 18.0 Å². The summed E-state index contributed by atoms with van der Waals surface area (Å²) in [6.07, 6.45) is 2.32. The van der Waals surface area contributed by atoms with Crippen molar-refractivity contribution >= 4 is 45.6 Å². The van der Waals surface area contributed by atoms with Crippen molar-refractivity contribution in [3.63, 3.8) is 0 Å². The Hall–Kier alpha value is -2.08. The van der Waals surface area contributed by atoms with E-state index in [0.717, 1.165) is 10.4 Å². The fourth-order valence-electron chi connectivity index (χ4n) is 2.32. The van der Waals surface area contributed by atoms with Crippen LogP contribution in [0.15, 0.2) is 48.7 Å². The molecule has 25 heavy (non-hydrogen) atoms. The minimum Gasteiger partial charge on any atom is -0.496 e. The summed E-state index contributed by atoms with van der Waals surface area (Å²) in [4.78, 5) is 17.6. The van der Waals surface area contributed by atoms with Crippen molar-refractivity contribution in [2.45, 2.75) is 6.42 Å². The predicted octanol–water partition coefficient (Wildman–Crippen LogP) is 5.30. The molecule has 0 aliphatic heterocycles. The van der Waals surface area contributed by atoms with Crippen LogP contribution in [0.2, 0.25) is 10.0 Å². The van der Waals surface area contributed by atoms with Gasteiger partial charge in [0.2, 0.25) is 0 Å². The summed E-state index contributed by atoms with van der Waals surface area (Å²) in [6, 6.07) is 12.6. The van der Waals surface area contributed by atoms with Crippen molar-refractivity contribution in [2.75, 3.05) is 12.4 Å². The highest BCUT2D eigenvalue weighted by Crippen LogP contribution is 2.30. The molecule has 7 heteroatoms. The Balaban J connectivity index is 1.73. The zero-order valence-electron chi connectivity index (χ0n) is 13.3. The van der Waals surface area contributed by atoms with Gasteiger partial charge >= 0.3 is 0 Å². The van der Waals surface area contributed by atoms with Gasteiger partial charge in [-0.1, -0.05) is 47.5 Å². The van der Waals surface area contributed by atoms with Crippen LogP contribution in [0.25, 0.3) is 0 Å². The first-order chi connectivity index (χ1) is 12.1. The van der Waals surface area contributed by atoms with Crippen LogP contribution in [0, 0.1) is 0 Å². The molecule has 0 bridgehead atoms. The molecule has 0 aliphatic rings. The second-order valence-electron chi connectivity index (χ2n) is 5.18. The van der Waals surface area contributed by atoms with Gasteiger partial charge < -0.3 is 4.74 Å². The summed E-state index contributed by atoms with van der Waals surface area (Å²) in [6.45, 7) is 0. The van der Waals surface area contributed by atoms with Gasteiger partial charge in [0.25, 0.3) is 5.91 Å². The fraction of sp³-hybridized carbons (Fsp3) is 0.111. The largest absolute Gasteiger partial charge is 0.496 e. The molecule has 0 fully saturated rings. The van der Waals surface area contributed by atoms with E-state index in [0.29, 0.717) is 32.9 Å². The van der Waals surface area contributed by atoms with E-state index in [2.05, 4.69) is 10.3 Å². The average Bonchev–Trinajstić information content (AvgIpc) is 3.05. The number of hydrogen-bond acceptors (Lipinski definition) is 4. The molecule has 0 saturated heterocycles. The van der Waals surface area contributed by atoms with Crippen molar-refractivity contribution in [2.24, 2.45) is 0 Å². The van der Waals surface area contributed by atoms with E-state index in [-0.39, 0.29) is 5.91 Å². The summed E-state index contributed by atoms with van der Waals surface area (Å²) in [5.74, 6) is 0.252. The van der Waals surface area contributed by atoms with E-state index in [1.54, 1.807) is 30.5 Å². The first-order valence-corrected chi connectivity index (χ1v) is 8.97. The van der Waals surface area contributed by atoms with Gasteiger partial charge in [0, 0.05) is 17.5 Å². The van der Waals surface area contributed by atoms with Crippen LogP contribution in [-0.2, 0) is 6.42 Å². The second kappa shape index (κ2) is 7.87. The number of para-hydroxylation sites is 1. The molecule has 2 aromatic carbocycles. The number of nitrogens with one attached hydrogen (secondary N) is 1. The Morgan fingerprint density at radius 2 is 2.00 bits per heavy atom. The molecule has 3 rings (SSSR count).